The van der Waals surface area contributed by atoms with E-state index >= 15 is 0 Å². The third-order valence-electron chi connectivity index (χ3n) is 3.09. The molecular formula is C15H22N2S. The van der Waals surface area contributed by atoms with Crippen molar-refractivity contribution in [1.82, 2.24) is 4.57 Å². The molecular weight excluding hydrogens is 240 g/mol. The van der Waals surface area contributed by atoms with Crippen molar-refractivity contribution in [3.05, 3.63) is 30.0 Å². The minimum Gasteiger partial charge on any atom is -0.397 e. The predicted octanol–water partition coefficient (Wildman–Crippen LogP) is 4.45. The molecule has 0 saturated heterocycles. The van der Waals surface area contributed by atoms with E-state index in [1.807, 2.05) is 23.9 Å². The number of thioether (sulfide) groups is 1. The number of anilines is 1. The largest absolute Gasteiger partial charge is 0.397 e. The lowest BCUT2D eigenvalue weighted by Crippen LogP contribution is -2.00. The second-order valence-electron chi connectivity index (χ2n) is 5.26. The fourth-order valence-electron chi connectivity index (χ4n) is 2.19. The fraction of sp³-hybridized carbons (Fsp3) is 0.467. The van der Waals surface area contributed by atoms with Crippen LogP contribution < -0.4 is 5.73 Å². The summed E-state index contributed by atoms with van der Waals surface area (Å²) in [6, 6.07) is 6.66. The van der Waals surface area contributed by atoms with Crippen LogP contribution in [0, 0.1) is 0 Å². The number of rotatable bonds is 4. The Morgan fingerprint density at radius 2 is 1.94 bits per heavy atom. The number of aromatic nitrogens is 1. The zero-order chi connectivity index (χ0) is 13.3. The van der Waals surface area contributed by atoms with Gasteiger partial charge in [0.05, 0.1) is 11.2 Å². The Morgan fingerprint density at radius 1 is 1.22 bits per heavy atom. The third kappa shape index (κ3) is 2.51. The second-order valence-corrected chi connectivity index (χ2v) is 6.82. The van der Waals surface area contributed by atoms with E-state index in [1.54, 1.807) is 0 Å². The summed E-state index contributed by atoms with van der Waals surface area (Å²) in [5.74, 6) is 1.05. The summed E-state index contributed by atoms with van der Waals surface area (Å²) in [6.45, 7) is 8.87. The molecule has 3 heteroatoms. The number of hydrogen-bond donors (Lipinski definition) is 1. The number of fused-ring (bicyclic) bond motifs is 1. The minimum absolute atomic E-state index is 0.440. The van der Waals surface area contributed by atoms with Crippen LogP contribution in [0.15, 0.2) is 24.4 Å². The van der Waals surface area contributed by atoms with Gasteiger partial charge in [-0.2, -0.15) is 11.8 Å². The van der Waals surface area contributed by atoms with E-state index in [2.05, 4.69) is 44.5 Å². The molecule has 0 atom stereocenters. The Bertz CT molecular complexity index is 541. The van der Waals surface area contributed by atoms with Gasteiger partial charge in [-0.15, -0.1) is 0 Å². The minimum atomic E-state index is 0.440. The van der Waals surface area contributed by atoms with Crippen molar-refractivity contribution >= 4 is 28.4 Å². The van der Waals surface area contributed by atoms with Crippen LogP contribution in [0.1, 0.15) is 39.3 Å². The standard InChI is InChI=1S/C15H22N2S/c1-10(2)17-8-12(9-18-11(3)4)13-6-5-7-14(16)15(13)17/h5-8,10-11H,9,16H2,1-4H3. The zero-order valence-corrected chi connectivity index (χ0v) is 12.4. The first-order valence-corrected chi connectivity index (χ1v) is 7.55. The van der Waals surface area contributed by atoms with Gasteiger partial charge in [-0.3, -0.25) is 0 Å². The normalized spacial score (nSPS) is 11.9. The maximum Gasteiger partial charge on any atom is 0.0719 e. The number of nitrogen functional groups attached to an aromatic ring is 1. The SMILES string of the molecule is CC(C)SCc1cn(C(C)C)c2c(N)cccc12. The molecule has 0 amide bonds. The number of benzene rings is 1. The van der Waals surface area contributed by atoms with Crippen molar-refractivity contribution in [2.75, 3.05) is 5.73 Å². The smallest absolute Gasteiger partial charge is 0.0719 e. The van der Waals surface area contributed by atoms with Crippen LogP contribution in [0.2, 0.25) is 0 Å². The Balaban J connectivity index is 2.51. The molecule has 0 saturated carbocycles. The van der Waals surface area contributed by atoms with E-state index in [-0.39, 0.29) is 0 Å². The third-order valence-corrected chi connectivity index (χ3v) is 4.24. The van der Waals surface area contributed by atoms with Gasteiger partial charge in [0.25, 0.3) is 0 Å². The van der Waals surface area contributed by atoms with Crippen LogP contribution in [0.5, 0.6) is 0 Å². The van der Waals surface area contributed by atoms with Gasteiger partial charge in [0.2, 0.25) is 0 Å². The van der Waals surface area contributed by atoms with E-state index in [4.69, 9.17) is 5.73 Å². The van der Waals surface area contributed by atoms with Crippen molar-refractivity contribution in [3.63, 3.8) is 0 Å². The highest BCUT2D eigenvalue weighted by atomic mass is 32.2. The van der Waals surface area contributed by atoms with Crippen molar-refractivity contribution in [2.24, 2.45) is 0 Å². The average molecular weight is 262 g/mol. The average Bonchev–Trinajstić information content (AvgIpc) is 2.67. The maximum atomic E-state index is 6.14. The first-order valence-electron chi connectivity index (χ1n) is 6.50. The number of para-hydroxylation sites is 1. The molecule has 98 valence electrons. The monoisotopic (exact) mass is 262 g/mol. The molecule has 0 fully saturated rings. The molecule has 0 spiro atoms. The quantitative estimate of drug-likeness (QED) is 0.825. The Kier molecular flexibility index (Phi) is 3.91. The molecule has 1 aromatic carbocycles. The summed E-state index contributed by atoms with van der Waals surface area (Å²) >= 11 is 1.98. The van der Waals surface area contributed by atoms with Gasteiger partial charge in [0.15, 0.2) is 0 Å². The highest BCUT2D eigenvalue weighted by molar-refractivity contribution is 7.99. The van der Waals surface area contributed by atoms with Crippen LogP contribution in [-0.4, -0.2) is 9.82 Å². The molecule has 2 aromatic rings. The lowest BCUT2D eigenvalue weighted by molar-refractivity contribution is 0.622. The van der Waals surface area contributed by atoms with Crippen LogP contribution in [0.25, 0.3) is 10.9 Å². The molecule has 1 aromatic heterocycles. The first kappa shape index (κ1) is 13.3. The van der Waals surface area contributed by atoms with E-state index in [0.717, 1.165) is 11.4 Å². The number of nitrogens with two attached hydrogens (primary N) is 1. The molecule has 0 bridgehead atoms. The molecule has 1 heterocycles. The molecule has 0 aliphatic carbocycles. The van der Waals surface area contributed by atoms with E-state index in [9.17, 15) is 0 Å². The maximum absolute atomic E-state index is 6.14. The van der Waals surface area contributed by atoms with Gasteiger partial charge < -0.3 is 10.3 Å². The highest BCUT2D eigenvalue weighted by Crippen LogP contribution is 2.31. The molecule has 0 unspecified atom stereocenters. The highest BCUT2D eigenvalue weighted by Gasteiger charge is 2.13. The summed E-state index contributed by atoms with van der Waals surface area (Å²) in [5.41, 5.74) is 9.59. The lowest BCUT2D eigenvalue weighted by atomic mass is 10.2. The van der Waals surface area contributed by atoms with Crippen LogP contribution in [0.4, 0.5) is 5.69 Å². The zero-order valence-electron chi connectivity index (χ0n) is 11.6. The van der Waals surface area contributed by atoms with E-state index in [1.165, 1.54) is 16.5 Å². The summed E-state index contributed by atoms with van der Waals surface area (Å²) in [7, 11) is 0. The molecule has 0 aliphatic rings. The second kappa shape index (κ2) is 5.27. The van der Waals surface area contributed by atoms with Gasteiger partial charge in [0.1, 0.15) is 0 Å². The van der Waals surface area contributed by atoms with Gasteiger partial charge in [-0.05, 0) is 30.7 Å². The van der Waals surface area contributed by atoms with Gasteiger partial charge in [-0.25, -0.2) is 0 Å². The van der Waals surface area contributed by atoms with Crippen LogP contribution >= 0.6 is 11.8 Å². The molecule has 2 N–H and O–H groups in total. The van der Waals surface area contributed by atoms with Crippen molar-refractivity contribution in [2.45, 2.75) is 44.7 Å². The van der Waals surface area contributed by atoms with Crippen LogP contribution in [0.3, 0.4) is 0 Å². The molecule has 0 radical (unpaired) electrons. The van der Waals surface area contributed by atoms with Crippen LogP contribution in [-0.2, 0) is 5.75 Å². The molecule has 18 heavy (non-hydrogen) atoms. The van der Waals surface area contributed by atoms with Crippen molar-refractivity contribution < 1.29 is 0 Å². The lowest BCUT2D eigenvalue weighted by Gasteiger charge is -2.10. The molecule has 0 aliphatic heterocycles. The summed E-state index contributed by atoms with van der Waals surface area (Å²) in [5, 5.41) is 1.96. The predicted molar refractivity (Wildman–Crippen MR) is 83.2 cm³/mol. The summed E-state index contributed by atoms with van der Waals surface area (Å²) in [4.78, 5) is 0. The Labute approximate surface area is 114 Å². The number of nitrogens with zero attached hydrogens (tertiary/aromatic N) is 1. The first-order chi connectivity index (χ1) is 8.50. The topological polar surface area (TPSA) is 30.9 Å². The van der Waals surface area contributed by atoms with E-state index in [0.29, 0.717) is 11.3 Å². The van der Waals surface area contributed by atoms with Crippen molar-refractivity contribution in [3.8, 4) is 0 Å². The van der Waals surface area contributed by atoms with Crippen molar-refractivity contribution in [1.29, 1.82) is 0 Å². The Morgan fingerprint density at radius 3 is 2.56 bits per heavy atom. The summed E-state index contributed by atoms with van der Waals surface area (Å²) < 4.78 is 2.29. The van der Waals surface area contributed by atoms with Gasteiger partial charge in [0, 0.05) is 23.4 Å². The van der Waals surface area contributed by atoms with Gasteiger partial charge in [-0.1, -0.05) is 26.0 Å². The Hall–Kier alpha value is -1.09. The molecule has 2 rings (SSSR count). The molecule has 2 nitrogen and oxygen atoms in total. The number of hydrogen-bond acceptors (Lipinski definition) is 2. The van der Waals surface area contributed by atoms with E-state index < -0.39 is 0 Å². The fourth-order valence-corrected chi connectivity index (χ4v) is 2.93. The summed E-state index contributed by atoms with van der Waals surface area (Å²) in [6.07, 6.45) is 2.26. The van der Waals surface area contributed by atoms with Gasteiger partial charge >= 0.3 is 0 Å².